The lowest BCUT2D eigenvalue weighted by atomic mass is 9.94. The van der Waals surface area contributed by atoms with Gasteiger partial charge in [0, 0.05) is 33.5 Å². The van der Waals surface area contributed by atoms with Crippen LogP contribution < -0.4 is 4.90 Å². The van der Waals surface area contributed by atoms with E-state index in [-0.39, 0.29) is 0 Å². The van der Waals surface area contributed by atoms with Gasteiger partial charge in [-0.3, -0.25) is 0 Å². The maximum Gasteiger partial charge on any atom is 0.0547 e. The van der Waals surface area contributed by atoms with Crippen LogP contribution in [0, 0.1) is 0 Å². The smallest absolute Gasteiger partial charge is 0.0547 e. The first-order valence-electron chi connectivity index (χ1n) is 20.6. The summed E-state index contributed by atoms with van der Waals surface area (Å²) < 4.78 is 2.42. The van der Waals surface area contributed by atoms with Crippen LogP contribution in [0.5, 0.6) is 0 Å². The lowest BCUT2D eigenvalue weighted by Crippen LogP contribution is -2.10. The fourth-order valence-corrected chi connectivity index (χ4v) is 8.94. The van der Waals surface area contributed by atoms with Gasteiger partial charge in [-0.2, -0.15) is 0 Å². The van der Waals surface area contributed by atoms with Crippen molar-refractivity contribution >= 4 is 49.6 Å². The fourth-order valence-electron chi connectivity index (χ4n) is 8.94. The summed E-state index contributed by atoms with van der Waals surface area (Å²) in [6.45, 7) is 0. The molecule has 1 aromatic heterocycles. The van der Waals surface area contributed by atoms with Gasteiger partial charge < -0.3 is 9.47 Å². The number of anilines is 3. The zero-order valence-corrected chi connectivity index (χ0v) is 33.0. The molecule has 0 spiro atoms. The Bertz CT molecular complexity index is 3290. The van der Waals surface area contributed by atoms with Gasteiger partial charge in [0.1, 0.15) is 0 Å². The van der Waals surface area contributed by atoms with Crippen LogP contribution in [0.1, 0.15) is 0 Å². The van der Waals surface area contributed by atoms with Crippen LogP contribution >= 0.6 is 0 Å². The zero-order chi connectivity index (χ0) is 39.8. The number of benzene rings is 10. The standard InChI is InChI=1S/C58H40N2/c1-3-15-41(16-4-1)42-29-34-48(35-30-42)59(49-36-31-45(32-37-49)53-25-10-9-24-52(53)43-17-5-2-6-18-43)50-22-13-20-46(39-50)47-21-14-23-51(40-47)60-56-28-12-11-27-55(56)58-54-26-8-7-19-44(54)33-38-57(58)60/h1-40H. The molecule has 0 amide bonds. The van der Waals surface area contributed by atoms with E-state index in [0.29, 0.717) is 0 Å². The Kier molecular flexibility index (Phi) is 8.87. The summed E-state index contributed by atoms with van der Waals surface area (Å²) in [6, 6.07) is 87.8. The number of fused-ring (bicyclic) bond motifs is 5. The Labute approximate surface area is 350 Å². The maximum absolute atomic E-state index is 2.42. The minimum Gasteiger partial charge on any atom is -0.310 e. The summed E-state index contributed by atoms with van der Waals surface area (Å²) in [5.74, 6) is 0. The molecule has 0 unspecified atom stereocenters. The molecule has 0 saturated heterocycles. The predicted molar refractivity (Wildman–Crippen MR) is 255 cm³/mol. The van der Waals surface area contributed by atoms with Crippen molar-refractivity contribution in [3.05, 3.63) is 243 Å². The summed E-state index contributed by atoms with van der Waals surface area (Å²) in [5.41, 5.74) is 16.4. The van der Waals surface area contributed by atoms with Crippen LogP contribution in [0.4, 0.5) is 17.1 Å². The van der Waals surface area contributed by atoms with Gasteiger partial charge in [0.25, 0.3) is 0 Å². The molecule has 0 N–H and O–H groups in total. The second-order valence-electron chi connectivity index (χ2n) is 15.3. The second kappa shape index (κ2) is 15.1. The molecule has 2 nitrogen and oxygen atoms in total. The Morgan fingerprint density at radius 1 is 0.283 bits per heavy atom. The highest BCUT2D eigenvalue weighted by atomic mass is 15.1. The Balaban J connectivity index is 1.01. The molecular weight excluding hydrogens is 725 g/mol. The van der Waals surface area contributed by atoms with Gasteiger partial charge in [0.15, 0.2) is 0 Å². The van der Waals surface area contributed by atoms with Gasteiger partial charge in [-0.25, -0.2) is 0 Å². The third kappa shape index (κ3) is 6.32. The number of nitrogens with zero attached hydrogens (tertiary/aromatic N) is 2. The van der Waals surface area contributed by atoms with E-state index in [4.69, 9.17) is 0 Å². The molecule has 0 saturated carbocycles. The van der Waals surface area contributed by atoms with Crippen molar-refractivity contribution < 1.29 is 0 Å². The largest absolute Gasteiger partial charge is 0.310 e. The van der Waals surface area contributed by atoms with Gasteiger partial charge >= 0.3 is 0 Å². The first-order chi connectivity index (χ1) is 29.8. The number of aromatic nitrogens is 1. The lowest BCUT2D eigenvalue weighted by molar-refractivity contribution is 1.18. The molecule has 1 heterocycles. The average molecular weight is 765 g/mol. The predicted octanol–water partition coefficient (Wildman–Crippen LogP) is 16.1. The van der Waals surface area contributed by atoms with Crippen LogP contribution in [-0.2, 0) is 0 Å². The van der Waals surface area contributed by atoms with Crippen LogP contribution in [0.15, 0.2) is 243 Å². The molecular formula is C58H40N2. The first-order valence-corrected chi connectivity index (χ1v) is 20.6. The van der Waals surface area contributed by atoms with Crippen molar-refractivity contribution in [2.24, 2.45) is 0 Å². The first kappa shape index (κ1) is 35.2. The van der Waals surface area contributed by atoms with Gasteiger partial charge in [-0.1, -0.05) is 182 Å². The summed E-state index contributed by atoms with van der Waals surface area (Å²) in [6.07, 6.45) is 0. The highest BCUT2D eigenvalue weighted by Crippen LogP contribution is 2.41. The van der Waals surface area contributed by atoms with E-state index in [1.54, 1.807) is 0 Å². The highest BCUT2D eigenvalue weighted by Gasteiger charge is 2.18. The van der Waals surface area contributed by atoms with E-state index < -0.39 is 0 Å². The van der Waals surface area contributed by atoms with Gasteiger partial charge in [-0.05, 0) is 116 Å². The van der Waals surface area contributed by atoms with Crippen molar-refractivity contribution in [3.8, 4) is 50.2 Å². The normalized spacial score (nSPS) is 11.3. The van der Waals surface area contributed by atoms with E-state index in [9.17, 15) is 0 Å². The molecule has 2 heteroatoms. The van der Waals surface area contributed by atoms with E-state index >= 15 is 0 Å². The third-order valence-corrected chi connectivity index (χ3v) is 11.8. The molecule has 0 fully saturated rings. The summed E-state index contributed by atoms with van der Waals surface area (Å²) in [7, 11) is 0. The second-order valence-corrected chi connectivity index (χ2v) is 15.3. The Morgan fingerprint density at radius 3 is 1.52 bits per heavy atom. The molecule has 0 radical (unpaired) electrons. The van der Waals surface area contributed by atoms with Crippen LogP contribution in [0.2, 0.25) is 0 Å². The summed E-state index contributed by atoms with van der Waals surface area (Å²) >= 11 is 0. The minimum atomic E-state index is 1.09. The molecule has 0 aliphatic carbocycles. The molecule has 0 atom stereocenters. The molecule has 11 aromatic rings. The summed E-state index contributed by atoms with van der Waals surface area (Å²) in [5, 5.41) is 5.09. The molecule has 282 valence electrons. The lowest BCUT2D eigenvalue weighted by Gasteiger charge is -2.26. The van der Waals surface area contributed by atoms with Crippen molar-refractivity contribution in [1.82, 2.24) is 4.57 Å². The molecule has 0 aliphatic rings. The molecule has 60 heavy (non-hydrogen) atoms. The van der Waals surface area contributed by atoms with Crippen LogP contribution in [0.25, 0.3) is 82.8 Å². The van der Waals surface area contributed by atoms with Gasteiger partial charge in [0.2, 0.25) is 0 Å². The summed E-state index contributed by atoms with van der Waals surface area (Å²) in [4.78, 5) is 2.37. The fraction of sp³-hybridized carbons (Fsp3) is 0. The van der Waals surface area contributed by atoms with Crippen molar-refractivity contribution in [1.29, 1.82) is 0 Å². The van der Waals surface area contributed by atoms with E-state index in [2.05, 4.69) is 252 Å². The molecule has 11 rings (SSSR count). The average Bonchev–Trinajstić information content (AvgIpc) is 3.68. The highest BCUT2D eigenvalue weighted by molar-refractivity contribution is 6.21. The minimum absolute atomic E-state index is 1.09. The van der Waals surface area contributed by atoms with Crippen molar-refractivity contribution in [3.63, 3.8) is 0 Å². The zero-order valence-electron chi connectivity index (χ0n) is 33.0. The van der Waals surface area contributed by atoms with E-state index in [1.165, 1.54) is 66.0 Å². The number of para-hydroxylation sites is 1. The topological polar surface area (TPSA) is 8.17 Å². The van der Waals surface area contributed by atoms with E-state index in [1.807, 2.05) is 0 Å². The molecule has 0 bridgehead atoms. The quantitative estimate of drug-likeness (QED) is 0.150. The SMILES string of the molecule is c1ccc(-c2ccc(N(c3ccc(-c4ccccc4-c4ccccc4)cc3)c3cccc(-c4cccc(-n5c6ccccc6c6c7ccccc7ccc65)c4)c3)cc2)cc1. The van der Waals surface area contributed by atoms with Crippen LogP contribution in [0.3, 0.4) is 0 Å². The van der Waals surface area contributed by atoms with Crippen LogP contribution in [-0.4, -0.2) is 4.57 Å². The van der Waals surface area contributed by atoms with Gasteiger partial charge in [0.05, 0.1) is 11.0 Å². The molecule has 10 aromatic carbocycles. The molecule has 0 aliphatic heterocycles. The number of rotatable bonds is 8. The van der Waals surface area contributed by atoms with E-state index in [0.717, 1.165) is 33.9 Å². The van der Waals surface area contributed by atoms with Crippen molar-refractivity contribution in [2.75, 3.05) is 4.90 Å². The number of hydrogen-bond acceptors (Lipinski definition) is 1. The Morgan fingerprint density at radius 2 is 0.800 bits per heavy atom. The maximum atomic E-state index is 2.42. The van der Waals surface area contributed by atoms with Crippen molar-refractivity contribution in [2.45, 2.75) is 0 Å². The Hall–Kier alpha value is -7.94. The van der Waals surface area contributed by atoms with Gasteiger partial charge in [-0.15, -0.1) is 0 Å². The third-order valence-electron chi connectivity index (χ3n) is 11.8. The number of hydrogen-bond donors (Lipinski definition) is 0. The monoisotopic (exact) mass is 764 g/mol.